The lowest BCUT2D eigenvalue weighted by molar-refractivity contribution is 0.526. The van der Waals surface area contributed by atoms with E-state index in [-0.39, 0.29) is 0 Å². The zero-order valence-corrected chi connectivity index (χ0v) is 13.3. The number of halogens is 1. The molecule has 20 heavy (non-hydrogen) atoms. The lowest BCUT2D eigenvalue weighted by atomic mass is 10.1. The van der Waals surface area contributed by atoms with E-state index in [0.717, 1.165) is 35.2 Å². The van der Waals surface area contributed by atoms with E-state index in [2.05, 4.69) is 27.8 Å². The fraction of sp³-hybridized carbons (Fsp3) is 0.400. The summed E-state index contributed by atoms with van der Waals surface area (Å²) < 4.78 is 0. The first-order chi connectivity index (χ1) is 9.63. The molecule has 0 amide bonds. The SMILES string of the molecule is CN(C)c1nc(CN[C@@H]2CCc3cc(Cl)ccc32)cs1. The first-order valence-corrected chi connectivity index (χ1v) is 8.02. The van der Waals surface area contributed by atoms with Gasteiger partial charge in [-0.15, -0.1) is 11.3 Å². The average molecular weight is 308 g/mol. The smallest absolute Gasteiger partial charge is 0.185 e. The van der Waals surface area contributed by atoms with Crippen molar-refractivity contribution in [2.24, 2.45) is 0 Å². The highest BCUT2D eigenvalue weighted by Gasteiger charge is 2.22. The second-order valence-electron chi connectivity index (χ2n) is 5.33. The Hall–Kier alpha value is -1.10. The minimum Gasteiger partial charge on any atom is -0.354 e. The van der Waals surface area contributed by atoms with E-state index in [0.29, 0.717) is 6.04 Å². The minimum absolute atomic E-state index is 0.423. The molecule has 2 aromatic rings. The normalized spacial score (nSPS) is 17.2. The van der Waals surface area contributed by atoms with E-state index in [1.807, 2.05) is 25.1 Å². The first-order valence-electron chi connectivity index (χ1n) is 6.77. The quantitative estimate of drug-likeness (QED) is 0.934. The van der Waals surface area contributed by atoms with Gasteiger partial charge >= 0.3 is 0 Å². The van der Waals surface area contributed by atoms with Gasteiger partial charge in [-0.25, -0.2) is 4.98 Å². The number of thiazole rings is 1. The standard InChI is InChI=1S/C15H18ClN3S/c1-19(2)15-18-12(9-20-15)8-17-14-6-3-10-7-11(16)4-5-13(10)14/h4-5,7,9,14,17H,3,6,8H2,1-2H3/t14-/m1/s1. The molecular formula is C15H18ClN3S. The second-order valence-corrected chi connectivity index (χ2v) is 6.60. The molecule has 0 spiro atoms. The second kappa shape index (κ2) is 5.72. The van der Waals surface area contributed by atoms with Gasteiger partial charge < -0.3 is 10.2 Å². The van der Waals surface area contributed by atoms with E-state index >= 15 is 0 Å². The maximum atomic E-state index is 6.04. The van der Waals surface area contributed by atoms with Crippen LogP contribution in [-0.4, -0.2) is 19.1 Å². The van der Waals surface area contributed by atoms with E-state index in [1.165, 1.54) is 11.1 Å². The molecule has 1 aromatic heterocycles. The first kappa shape index (κ1) is 13.9. The van der Waals surface area contributed by atoms with Crippen molar-refractivity contribution >= 4 is 28.1 Å². The molecule has 0 aliphatic heterocycles. The molecule has 5 heteroatoms. The maximum Gasteiger partial charge on any atom is 0.185 e. The zero-order chi connectivity index (χ0) is 14.1. The molecular weight excluding hydrogens is 290 g/mol. The predicted octanol–water partition coefficient (Wildman–Crippen LogP) is 3.64. The molecule has 3 rings (SSSR count). The van der Waals surface area contributed by atoms with Crippen LogP contribution in [0.3, 0.4) is 0 Å². The Morgan fingerprint density at radius 1 is 1.45 bits per heavy atom. The molecule has 0 radical (unpaired) electrons. The highest BCUT2D eigenvalue weighted by Crippen LogP contribution is 2.33. The fourth-order valence-corrected chi connectivity index (χ4v) is 3.56. The van der Waals surface area contributed by atoms with Gasteiger partial charge in [0, 0.05) is 37.1 Å². The molecule has 0 fully saturated rings. The van der Waals surface area contributed by atoms with Gasteiger partial charge in [-0.1, -0.05) is 17.7 Å². The summed E-state index contributed by atoms with van der Waals surface area (Å²) in [7, 11) is 4.04. The van der Waals surface area contributed by atoms with Gasteiger partial charge in [0.05, 0.1) is 5.69 Å². The van der Waals surface area contributed by atoms with Crippen molar-refractivity contribution in [3.05, 3.63) is 45.4 Å². The van der Waals surface area contributed by atoms with E-state index < -0.39 is 0 Å². The number of fused-ring (bicyclic) bond motifs is 1. The molecule has 1 N–H and O–H groups in total. The molecule has 1 atom stereocenters. The summed E-state index contributed by atoms with van der Waals surface area (Å²) in [5, 5.41) is 7.62. The Morgan fingerprint density at radius 3 is 3.05 bits per heavy atom. The molecule has 106 valence electrons. The molecule has 1 aliphatic rings. The van der Waals surface area contributed by atoms with Gasteiger partial charge in [-0.2, -0.15) is 0 Å². The highest BCUT2D eigenvalue weighted by molar-refractivity contribution is 7.13. The molecule has 1 aliphatic carbocycles. The largest absolute Gasteiger partial charge is 0.354 e. The van der Waals surface area contributed by atoms with Gasteiger partial charge in [0.1, 0.15) is 0 Å². The maximum absolute atomic E-state index is 6.04. The van der Waals surface area contributed by atoms with Gasteiger partial charge in [0.2, 0.25) is 0 Å². The van der Waals surface area contributed by atoms with Crippen LogP contribution in [0.4, 0.5) is 5.13 Å². The molecule has 1 aromatic carbocycles. The summed E-state index contributed by atoms with van der Waals surface area (Å²) in [4.78, 5) is 6.64. The van der Waals surface area contributed by atoms with Crippen LogP contribution in [0.5, 0.6) is 0 Å². The van der Waals surface area contributed by atoms with Crippen LogP contribution in [-0.2, 0) is 13.0 Å². The number of benzene rings is 1. The summed E-state index contributed by atoms with van der Waals surface area (Å²) in [6.45, 7) is 0.817. The Labute approximate surface area is 128 Å². The number of nitrogens with one attached hydrogen (secondary N) is 1. The van der Waals surface area contributed by atoms with Gasteiger partial charge in [0.15, 0.2) is 5.13 Å². The van der Waals surface area contributed by atoms with Crippen molar-refractivity contribution in [3.8, 4) is 0 Å². The number of hydrogen-bond donors (Lipinski definition) is 1. The summed E-state index contributed by atoms with van der Waals surface area (Å²) in [6.07, 6.45) is 2.24. The summed E-state index contributed by atoms with van der Waals surface area (Å²) in [5.74, 6) is 0. The van der Waals surface area contributed by atoms with Gasteiger partial charge in [-0.3, -0.25) is 0 Å². The number of hydrogen-bond acceptors (Lipinski definition) is 4. The van der Waals surface area contributed by atoms with Crippen molar-refractivity contribution < 1.29 is 0 Å². The number of anilines is 1. The molecule has 0 unspecified atom stereocenters. The van der Waals surface area contributed by atoms with Crippen molar-refractivity contribution in [2.45, 2.75) is 25.4 Å². The Kier molecular flexibility index (Phi) is 3.96. The number of nitrogens with zero attached hydrogens (tertiary/aromatic N) is 2. The van der Waals surface area contributed by atoms with Gasteiger partial charge in [-0.05, 0) is 36.1 Å². The topological polar surface area (TPSA) is 28.2 Å². The summed E-state index contributed by atoms with van der Waals surface area (Å²) >= 11 is 7.73. The monoisotopic (exact) mass is 307 g/mol. The average Bonchev–Trinajstić information content (AvgIpc) is 3.02. The van der Waals surface area contributed by atoms with E-state index in [9.17, 15) is 0 Å². The highest BCUT2D eigenvalue weighted by atomic mass is 35.5. The van der Waals surface area contributed by atoms with Gasteiger partial charge in [0.25, 0.3) is 0 Å². The van der Waals surface area contributed by atoms with Crippen LogP contribution in [0.1, 0.15) is 29.3 Å². The Balaban J connectivity index is 1.65. The van der Waals surface area contributed by atoms with Crippen molar-refractivity contribution in [1.82, 2.24) is 10.3 Å². The lowest BCUT2D eigenvalue weighted by Crippen LogP contribution is -2.19. The van der Waals surface area contributed by atoms with E-state index in [1.54, 1.807) is 11.3 Å². The third-order valence-corrected chi connectivity index (χ3v) is 4.93. The van der Waals surface area contributed by atoms with Crippen LogP contribution in [0.2, 0.25) is 5.02 Å². The van der Waals surface area contributed by atoms with Crippen molar-refractivity contribution in [1.29, 1.82) is 0 Å². The van der Waals surface area contributed by atoms with Crippen LogP contribution >= 0.6 is 22.9 Å². The molecule has 1 heterocycles. The Morgan fingerprint density at radius 2 is 2.30 bits per heavy atom. The molecule has 0 saturated heterocycles. The predicted molar refractivity (Wildman–Crippen MR) is 85.8 cm³/mol. The third kappa shape index (κ3) is 2.82. The molecule has 0 saturated carbocycles. The van der Waals surface area contributed by atoms with Crippen LogP contribution in [0.15, 0.2) is 23.6 Å². The molecule has 3 nitrogen and oxygen atoms in total. The van der Waals surface area contributed by atoms with Crippen LogP contribution in [0, 0.1) is 0 Å². The summed E-state index contributed by atoms with van der Waals surface area (Å²) in [6, 6.07) is 6.64. The van der Waals surface area contributed by atoms with Crippen LogP contribution < -0.4 is 10.2 Å². The number of aryl methyl sites for hydroxylation is 1. The fourth-order valence-electron chi connectivity index (χ4n) is 2.61. The number of aromatic nitrogens is 1. The summed E-state index contributed by atoms with van der Waals surface area (Å²) in [5.41, 5.74) is 3.88. The number of rotatable bonds is 4. The molecule has 0 bridgehead atoms. The van der Waals surface area contributed by atoms with Crippen molar-refractivity contribution in [2.75, 3.05) is 19.0 Å². The minimum atomic E-state index is 0.423. The lowest BCUT2D eigenvalue weighted by Gasteiger charge is -2.13. The Bertz CT molecular complexity index is 609. The third-order valence-electron chi connectivity index (χ3n) is 3.63. The van der Waals surface area contributed by atoms with Crippen LogP contribution in [0.25, 0.3) is 0 Å². The van der Waals surface area contributed by atoms with E-state index in [4.69, 9.17) is 11.6 Å². The van der Waals surface area contributed by atoms with Crippen molar-refractivity contribution in [3.63, 3.8) is 0 Å². The zero-order valence-electron chi connectivity index (χ0n) is 11.7.